The van der Waals surface area contributed by atoms with Crippen molar-refractivity contribution in [1.29, 1.82) is 0 Å². The van der Waals surface area contributed by atoms with Gasteiger partial charge in [-0.1, -0.05) is 31.1 Å². The Morgan fingerprint density at radius 2 is 2.12 bits per heavy atom. The van der Waals surface area contributed by atoms with Crippen LogP contribution in [0.3, 0.4) is 0 Å². The molecular weight excluding hydrogens is 304 g/mol. The molecule has 130 valence electrons. The van der Waals surface area contributed by atoms with E-state index >= 15 is 0 Å². The molecule has 0 unspecified atom stereocenters. The number of benzene rings is 1. The zero-order valence-corrected chi connectivity index (χ0v) is 14.9. The minimum Gasteiger partial charge on any atom is -0.493 e. The van der Waals surface area contributed by atoms with Crippen LogP contribution in [-0.4, -0.2) is 30.8 Å². The maximum atomic E-state index is 5.63. The number of aromatic nitrogens is 1. The summed E-state index contributed by atoms with van der Waals surface area (Å²) < 4.78 is 16.6. The summed E-state index contributed by atoms with van der Waals surface area (Å²) >= 11 is 0. The van der Waals surface area contributed by atoms with E-state index in [9.17, 15) is 0 Å². The Hall–Kier alpha value is -2.01. The first-order chi connectivity index (χ1) is 11.6. The van der Waals surface area contributed by atoms with E-state index in [0.29, 0.717) is 5.92 Å². The molecule has 3 rings (SSSR count). The van der Waals surface area contributed by atoms with Gasteiger partial charge < -0.3 is 14.0 Å². The molecule has 2 heterocycles. The Bertz CT molecular complexity index is 681. The van der Waals surface area contributed by atoms with E-state index in [2.05, 4.69) is 36.0 Å². The Balaban J connectivity index is 1.81. The molecule has 1 aromatic heterocycles. The minimum atomic E-state index is 0.279. The predicted octanol–water partition coefficient (Wildman–Crippen LogP) is 4.15. The third-order valence-corrected chi connectivity index (χ3v) is 4.69. The molecule has 1 fully saturated rings. The second-order valence-electron chi connectivity index (χ2n) is 6.59. The first-order valence-electron chi connectivity index (χ1n) is 8.54. The molecule has 1 aliphatic heterocycles. The van der Waals surface area contributed by atoms with E-state index in [1.807, 2.05) is 12.1 Å². The molecule has 0 N–H and O–H groups in total. The van der Waals surface area contributed by atoms with Gasteiger partial charge in [-0.3, -0.25) is 4.90 Å². The second kappa shape index (κ2) is 7.26. The van der Waals surface area contributed by atoms with Crippen molar-refractivity contribution < 1.29 is 14.0 Å². The van der Waals surface area contributed by atoms with Gasteiger partial charge in [0, 0.05) is 18.2 Å². The second-order valence-corrected chi connectivity index (χ2v) is 6.59. The number of nitrogens with zero attached hydrogens (tertiary/aromatic N) is 2. The molecule has 5 nitrogen and oxygen atoms in total. The van der Waals surface area contributed by atoms with Crippen molar-refractivity contribution in [2.45, 2.75) is 45.2 Å². The molecular formula is C19H26N2O3. The van der Waals surface area contributed by atoms with Gasteiger partial charge in [-0.25, -0.2) is 0 Å². The van der Waals surface area contributed by atoms with Gasteiger partial charge in [0.25, 0.3) is 0 Å². The third-order valence-electron chi connectivity index (χ3n) is 4.69. The van der Waals surface area contributed by atoms with Crippen LogP contribution in [0.2, 0.25) is 0 Å². The van der Waals surface area contributed by atoms with E-state index in [4.69, 9.17) is 14.0 Å². The van der Waals surface area contributed by atoms with Crippen LogP contribution < -0.4 is 9.47 Å². The number of para-hydroxylation sites is 1. The van der Waals surface area contributed by atoms with Crippen LogP contribution >= 0.6 is 0 Å². The molecule has 0 radical (unpaired) electrons. The lowest BCUT2D eigenvalue weighted by Crippen LogP contribution is -2.22. The van der Waals surface area contributed by atoms with E-state index in [1.165, 1.54) is 0 Å². The van der Waals surface area contributed by atoms with Crippen LogP contribution in [0.25, 0.3) is 0 Å². The Labute approximate surface area is 143 Å². The molecule has 0 bridgehead atoms. The lowest BCUT2D eigenvalue weighted by Gasteiger charge is -2.23. The highest BCUT2D eigenvalue weighted by Crippen LogP contribution is 2.37. The summed E-state index contributed by atoms with van der Waals surface area (Å²) in [5, 5.41) is 4.22. The summed E-state index contributed by atoms with van der Waals surface area (Å²) in [5.41, 5.74) is 2.16. The van der Waals surface area contributed by atoms with E-state index in [-0.39, 0.29) is 6.04 Å². The number of hydrogen-bond donors (Lipinski definition) is 0. The van der Waals surface area contributed by atoms with Gasteiger partial charge in [-0.15, -0.1) is 0 Å². The summed E-state index contributed by atoms with van der Waals surface area (Å²) in [6.07, 6.45) is 2.26. The van der Waals surface area contributed by atoms with Crippen molar-refractivity contribution in [3.63, 3.8) is 0 Å². The molecule has 0 amide bonds. The number of methoxy groups -OCH3 is 2. The van der Waals surface area contributed by atoms with Gasteiger partial charge in [0.2, 0.25) is 0 Å². The molecule has 1 aliphatic rings. The van der Waals surface area contributed by atoms with E-state index in [0.717, 1.165) is 54.4 Å². The zero-order chi connectivity index (χ0) is 17.1. The van der Waals surface area contributed by atoms with Crippen LogP contribution in [0.4, 0.5) is 0 Å². The Kier molecular flexibility index (Phi) is 5.09. The van der Waals surface area contributed by atoms with Gasteiger partial charge in [-0.2, -0.15) is 0 Å². The lowest BCUT2D eigenvalue weighted by atomic mass is 10.1. The topological polar surface area (TPSA) is 47.7 Å². The summed E-state index contributed by atoms with van der Waals surface area (Å²) in [4.78, 5) is 2.43. The average molecular weight is 330 g/mol. The van der Waals surface area contributed by atoms with Gasteiger partial charge in [0.05, 0.1) is 26.0 Å². The number of hydrogen-bond acceptors (Lipinski definition) is 5. The fraction of sp³-hybridized carbons (Fsp3) is 0.526. The van der Waals surface area contributed by atoms with Crippen molar-refractivity contribution in [2.75, 3.05) is 20.8 Å². The minimum absolute atomic E-state index is 0.279. The summed E-state index contributed by atoms with van der Waals surface area (Å²) in [7, 11) is 3.36. The molecule has 1 aromatic carbocycles. The molecule has 5 heteroatoms. The SMILES string of the molecule is COc1cccc(CN2CCC[C@@H]2c2cc(C(C)C)no2)c1OC. The van der Waals surface area contributed by atoms with Crippen molar-refractivity contribution >= 4 is 0 Å². The van der Waals surface area contributed by atoms with E-state index in [1.54, 1.807) is 14.2 Å². The average Bonchev–Trinajstić information content (AvgIpc) is 3.23. The Morgan fingerprint density at radius 1 is 1.29 bits per heavy atom. The molecule has 1 atom stereocenters. The third kappa shape index (κ3) is 3.26. The molecule has 2 aromatic rings. The summed E-state index contributed by atoms with van der Waals surface area (Å²) in [5.74, 6) is 2.94. The number of likely N-dealkylation sites (tertiary alicyclic amines) is 1. The highest BCUT2D eigenvalue weighted by atomic mass is 16.5. The van der Waals surface area contributed by atoms with Crippen LogP contribution in [0.1, 0.15) is 55.7 Å². The van der Waals surface area contributed by atoms with Gasteiger partial charge in [0.1, 0.15) is 0 Å². The fourth-order valence-electron chi connectivity index (χ4n) is 3.37. The zero-order valence-electron chi connectivity index (χ0n) is 14.9. The largest absolute Gasteiger partial charge is 0.493 e. The molecule has 0 spiro atoms. The van der Waals surface area contributed by atoms with Crippen molar-refractivity contribution in [3.05, 3.63) is 41.3 Å². The van der Waals surface area contributed by atoms with Crippen LogP contribution in [0, 0.1) is 0 Å². The highest BCUT2D eigenvalue weighted by Gasteiger charge is 2.30. The van der Waals surface area contributed by atoms with E-state index < -0.39 is 0 Å². The predicted molar refractivity (Wildman–Crippen MR) is 92.5 cm³/mol. The lowest BCUT2D eigenvalue weighted by molar-refractivity contribution is 0.203. The highest BCUT2D eigenvalue weighted by molar-refractivity contribution is 5.46. The normalized spacial score (nSPS) is 18.3. The number of ether oxygens (including phenoxy) is 2. The molecule has 0 saturated carbocycles. The Morgan fingerprint density at radius 3 is 2.79 bits per heavy atom. The van der Waals surface area contributed by atoms with Crippen LogP contribution in [-0.2, 0) is 6.54 Å². The maximum absolute atomic E-state index is 5.63. The maximum Gasteiger partial charge on any atom is 0.165 e. The van der Waals surface area contributed by atoms with Crippen LogP contribution in [0.5, 0.6) is 11.5 Å². The number of rotatable bonds is 6. The molecule has 24 heavy (non-hydrogen) atoms. The summed E-state index contributed by atoms with van der Waals surface area (Å²) in [6, 6.07) is 8.41. The van der Waals surface area contributed by atoms with Gasteiger partial charge in [0.15, 0.2) is 17.3 Å². The first-order valence-corrected chi connectivity index (χ1v) is 8.54. The van der Waals surface area contributed by atoms with Crippen molar-refractivity contribution in [1.82, 2.24) is 10.1 Å². The monoisotopic (exact) mass is 330 g/mol. The van der Waals surface area contributed by atoms with Gasteiger partial charge >= 0.3 is 0 Å². The smallest absolute Gasteiger partial charge is 0.165 e. The van der Waals surface area contributed by atoms with Crippen LogP contribution in [0.15, 0.2) is 28.8 Å². The van der Waals surface area contributed by atoms with Crippen molar-refractivity contribution in [2.24, 2.45) is 0 Å². The standard InChI is InChI=1S/C19H26N2O3/c1-13(2)15-11-18(24-20-15)16-8-6-10-21(16)12-14-7-5-9-17(22-3)19(14)23-4/h5,7,9,11,13,16H,6,8,10,12H2,1-4H3/t16-/m1/s1. The molecule has 0 aliphatic carbocycles. The molecule has 1 saturated heterocycles. The fourth-order valence-corrected chi connectivity index (χ4v) is 3.37. The first kappa shape index (κ1) is 16.8. The quantitative estimate of drug-likeness (QED) is 0.796. The van der Waals surface area contributed by atoms with Gasteiger partial charge in [-0.05, 0) is 31.4 Å². The van der Waals surface area contributed by atoms with Crippen molar-refractivity contribution in [3.8, 4) is 11.5 Å². The summed E-state index contributed by atoms with van der Waals surface area (Å²) in [6.45, 7) is 6.12.